The molecule has 0 atom stereocenters. The maximum atomic E-state index is 12.7. The van der Waals surface area contributed by atoms with Gasteiger partial charge in [-0.2, -0.15) is 0 Å². The van der Waals surface area contributed by atoms with Gasteiger partial charge in [0.25, 0.3) is 0 Å². The molecular weight excluding hydrogens is 245 g/mol. The van der Waals surface area contributed by atoms with Crippen molar-refractivity contribution in [3.05, 3.63) is 24.0 Å². The third-order valence-electron chi connectivity index (χ3n) is 1.85. The number of hydrogen-bond donors (Lipinski definition) is 2. The van der Waals surface area contributed by atoms with Crippen LogP contribution in [0, 0.1) is 11.2 Å². The maximum absolute atomic E-state index is 12.7. The van der Waals surface area contributed by atoms with Crippen LogP contribution in [-0.4, -0.2) is 19.3 Å². The fourth-order valence-electron chi connectivity index (χ4n) is 1.36. The second-order valence-corrected chi connectivity index (χ2v) is 6.81. The van der Waals surface area contributed by atoms with Gasteiger partial charge in [0.2, 0.25) is 10.0 Å². The molecule has 0 unspecified atom stereocenters. The van der Waals surface area contributed by atoms with E-state index in [0.29, 0.717) is 0 Å². The number of sulfonamides is 1. The minimum atomic E-state index is -3.56. The molecule has 1 aromatic carbocycles. The van der Waals surface area contributed by atoms with E-state index in [4.69, 9.17) is 0 Å². The molecule has 0 saturated carbocycles. The second-order valence-electron chi connectivity index (χ2n) is 5.08. The van der Waals surface area contributed by atoms with Gasteiger partial charge in [-0.05, 0) is 17.5 Å². The molecule has 0 fully saturated rings. The Kier molecular flexibility index (Phi) is 3.66. The first kappa shape index (κ1) is 13.8. The van der Waals surface area contributed by atoms with Crippen LogP contribution in [0.4, 0.5) is 10.1 Å². The monoisotopic (exact) mass is 261 g/mol. The number of phenolic OH excluding ortho intramolecular Hbond substituents is 1. The number of rotatable bonds is 3. The fraction of sp³-hybridized carbons (Fsp3) is 0.455. The van der Waals surface area contributed by atoms with Crippen molar-refractivity contribution in [1.82, 2.24) is 0 Å². The van der Waals surface area contributed by atoms with E-state index in [2.05, 4.69) is 4.72 Å². The standard InChI is InChI=1S/C11H16FNO3S/c1-11(2,3)7-17(15,16)13-9-5-4-8(12)6-10(9)14/h4-6,13-14H,7H2,1-3H3. The molecule has 4 nitrogen and oxygen atoms in total. The molecule has 0 heterocycles. The third-order valence-corrected chi connectivity index (χ3v) is 3.63. The van der Waals surface area contributed by atoms with Gasteiger partial charge in [0.05, 0.1) is 11.4 Å². The van der Waals surface area contributed by atoms with Gasteiger partial charge in [-0.3, -0.25) is 4.72 Å². The van der Waals surface area contributed by atoms with Crippen LogP contribution < -0.4 is 4.72 Å². The average Bonchev–Trinajstić information content (AvgIpc) is 2.05. The summed E-state index contributed by atoms with van der Waals surface area (Å²) in [4.78, 5) is 0. The summed E-state index contributed by atoms with van der Waals surface area (Å²) in [7, 11) is -3.56. The van der Waals surface area contributed by atoms with Gasteiger partial charge in [-0.25, -0.2) is 12.8 Å². The highest BCUT2D eigenvalue weighted by atomic mass is 32.2. The quantitative estimate of drug-likeness (QED) is 0.821. The molecular formula is C11H16FNO3S. The van der Waals surface area contributed by atoms with Crippen molar-refractivity contribution in [2.75, 3.05) is 10.5 Å². The molecule has 1 aromatic rings. The molecule has 0 amide bonds. The van der Waals surface area contributed by atoms with Gasteiger partial charge in [0, 0.05) is 6.07 Å². The Labute approximate surface area is 101 Å². The third kappa shape index (κ3) is 4.60. The normalized spacial score (nSPS) is 12.5. The van der Waals surface area contributed by atoms with Crippen molar-refractivity contribution in [2.24, 2.45) is 5.41 Å². The first-order chi connectivity index (χ1) is 7.59. The van der Waals surface area contributed by atoms with Crippen LogP contribution in [0.25, 0.3) is 0 Å². The van der Waals surface area contributed by atoms with Gasteiger partial charge >= 0.3 is 0 Å². The summed E-state index contributed by atoms with van der Waals surface area (Å²) in [5.74, 6) is -1.14. The van der Waals surface area contributed by atoms with Gasteiger partial charge in [-0.1, -0.05) is 20.8 Å². The predicted molar refractivity (Wildman–Crippen MR) is 64.9 cm³/mol. The Morgan fingerprint density at radius 2 is 1.94 bits per heavy atom. The summed E-state index contributed by atoms with van der Waals surface area (Å²) in [6.45, 7) is 5.37. The van der Waals surface area contributed by atoms with Crippen LogP contribution in [-0.2, 0) is 10.0 Å². The second kappa shape index (κ2) is 4.52. The zero-order valence-corrected chi connectivity index (χ0v) is 10.8. The molecule has 0 saturated heterocycles. The van der Waals surface area contributed by atoms with E-state index in [1.165, 1.54) is 6.07 Å². The summed E-state index contributed by atoms with van der Waals surface area (Å²) < 4.78 is 38.4. The van der Waals surface area contributed by atoms with E-state index in [0.717, 1.165) is 12.1 Å². The van der Waals surface area contributed by atoms with Crippen LogP contribution in [0.2, 0.25) is 0 Å². The zero-order chi connectivity index (χ0) is 13.3. The van der Waals surface area contributed by atoms with Crippen molar-refractivity contribution >= 4 is 15.7 Å². The van der Waals surface area contributed by atoms with Crippen LogP contribution >= 0.6 is 0 Å². The fourth-order valence-corrected chi connectivity index (χ4v) is 3.08. The van der Waals surface area contributed by atoms with Crippen LogP contribution in [0.5, 0.6) is 5.75 Å². The number of halogens is 1. The topological polar surface area (TPSA) is 66.4 Å². The lowest BCUT2D eigenvalue weighted by Gasteiger charge is -2.19. The molecule has 6 heteroatoms. The van der Waals surface area contributed by atoms with Crippen molar-refractivity contribution in [2.45, 2.75) is 20.8 Å². The van der Waals surface area contributed by atoms with Gasteiger partial charge in [0.15, 0.2) is 0 Å². The summed E-state index contributed by atoms with van der Waals surface area (Å²) in [5, 5.41) is 9.39. The highest BCUT2D eigenvalue weighted by Crippen LogP contribution is 2.26. The highest BCUT2D eigenvalue weighted by molar-refractivity contribution is 7.92. The Balaban J connectivity index is 2.91. The molecule has 0 spiro atoms. The van der Waals surface area contributed by atoms with Crippen molar-refractivity contribution in [3.63, 3.8) is 0 Å². The number of anilines is 1. The average molecular weight is 261 g/mol. The largest absolute Gasteiger partial charge is 0.506 e. The van der Waals surface area contributed by atoms with Gasteiger partial charge in [-0.15, -0.1) is 0 Å². The number of aromatic hydroxyl groups is 1. The molecule has 17 heavy (non-hydrogen) atoms. The van der Waals surface area contributed by atoms with Crippen molar-refractivity contribution in [1.29, 1.82) is 0 Å². The Morgan fingerprint density at radius 3 is 2.41 bits per heavy atom. The van der Waals surface area contributed by atoms with Gasteiger partial charge in [0.1, 0.15) is 11.6 Å². The summed E-state index contributed by atoms with van der Waals surface area (Å²) in [6, 6.07) is 3.12. The molecule has 96 valence electrons. The molecule has 0 aliphatic heterocycles. The highest BCUT2D eigenvalue weighted by Gasteiger charge is 2.22. The van der Waals surface area contributed by atoms with E-state index in [1.54, 1.807) is 20.8 Å². The van der Waals surface area contributed by atoms with E-state index in [1.807, 2.05) is 0 Å². The number of hydrogen-bond acceptors (Lipinski definition) is 3. The van der Waals surface area contributed by atoms with Crippen molar-refractivity contribution in [3.8, 4) is 5.75 Å². The minimum absolute atomic E-state index is 0.0179. The lowest BCUT2D eigenvalue weighted by atomic mass is 10.0. The smallest absolute Gasteiger partial charge is 0.233 e. The van der Waals surface area contributed by atoms with E-state index < -0.39 is 27.0 Å². The first-order valence-corrected chi connectivity index (χ1v) is 6.73. The Morgan fingerprint density at radius 1 is 1.35 bits per heavy atom. The number of phenols is 1. The maximum Gasteiger partial charge on any atom is 0.233 e. The minimum Gasteiger partial charge on any atom is -0.506 e. The van der Waals surface area contributed by atoms with E-state index in [9.17, 15) is 17.9 Å². The van der Waals surface area contributed by atoms with Crippen molar-refractivity contribution < 1.29 is 17.9 Å². The summed E-state index contributed by atoms with van der Waals surface area (Å²) in [6.07, 6.45) is 0. The first-order valence-electron chi connectivity index (χ1n) is 5.08. The van der Waals surface area contributed by atoms with Crippen LogP contribution in [0.1, 0.15) is 20.8 Å². The van der Waals surface area contributed by atoms with Gasteiger partial charge < -0.3 is 5.11 Å². The molecule has 1 rings (SSSR count). The van der Waals surface area contributed by atoms with E-state index >= 15 is 0 Å². The SMILES string of the molecule is CC(C)(C)CS(=O)(=O)Nc1ccc(F)cc1O. The number of benzene rings is 1. The number of nitrogens with one attached hydrogen (secondary N) is 1. The molecule has 0 radical (unpaired) electrons. The lowest BCUT2D eigenvalue weighted by Crippen LogP contribution is -2.26. The molecule has 0 aliphatic rings. The molecule has 2 N–H and O–H groups in total. The lowest BCUT2D eigenvalue weighted by molar-refractivity contribution is 0.461. The summed E-state index contributed by atoms with van der Waals surface area (Å²) >= 11 is 0. The van der Waals surface area contributed by atoms with Crippen LogP contribution in [0.3, 0.4) is 0 Å². The molecule has 0 aliphatic carbocycles. The summed E-state index contributed by atoms with van der Waals surface area (Å²) in [5.41, 5.74) is -0.419. The molecule has 0 aromatic heterocycles. The Bertz CT molecular complexity index is 506. The van der Waals surface area contributed by atoms with E-state index in [-0.39, 0.29) is 11.4 Å². The zero-order valence-electron chi connectivity index (χ0n) is 9.99. The molecule has 0 bridgehead atoms. The van der Waals surface area contributed by atoms with Crippen LogP contribution in [0.15, 0.2) is 18.2 Å². The Hall–Kier alpha value is -1.30. The predicted octanol–water partition coefficient (Wildman–Crippen LogP) is 2.32.